The van der Waals surface area contributed by atoms with E-state index in [1.165, 1.54) is 0 Å². The summed E-state index contributed by atoms with van der Waals surface area (Å²) in [5.74, 6) is -0.284. The Hall–Kier alpha value is -3.29. The molecule has 7 nitrogen and oxygen atoms in total. The first-order valence-corrected chi connectivity index (χ1v) is 11.5. The van der Waals surface area contributed by atoms with Gasteiger partial charge in [-0.15, -0.1) is 0 Å². The summed E-state index contributed by atoms with van der Waals surface area (Å²) >= 11 is 0. The van der Waals surface area contributed by atoms with Crippen LogP contribution in [0.25, 0.3) is 16.6 Å². The quantitative estimate of drug-likeness (QED) is 0.424. The highest BCUT2D eigenvalue weighted by molar-refractivity contribution is 5.98. The van der Waals surface area contributed by atoms with Crippen LogP contribution in [0.4, 0.5) is 0 Å². The van der Waals surface area contributed by atoms with E-state index in [0.29, 0.717) is 18.7 Å². The maximum atomic E-state index is 12.8. The van der Waals surface area contributed by atoms with Crippen LogP contribution in [0.1, 0.15) is 34.2 Å². The molecule has 0 N–H and O–H groups in total. The fourth-order valence-electron chi connectivity index (χ4n) is 4.64. The van der Waals surface area contributed by atoms with Crippen molar-refractivity contribution >= 4 is 22.5 Å². The Morgan fingerprint density at radius 1 is 0.970 bits per heavy atom. The highest BCUT2D eigenvalue weighted by Crippen LogP contribution is 2.25. The van der Waals surface area contributed by atoms with E-state index in [-0.39, 0.29) is 5.97 Å². The Balaban J connectivity index is 1.30. The largest absolute Gasteiger partial charge is 0.462 e. The average Bonchev–Trinajstić information content (AvgIpc) is 3.23. The molecule has 1 aliphatic rings. The Kier molecular flexibility index (Phi) is 6.07. The maximum Gasteiger partial charge on any atom is 0.340 e. The molecule has 0 atom stereocenters. The molecule has 170 valence electrons. The molecule has 1 aliphatic heterocycles. The molecule has 1 aromatic carbocycles. The topological polar surface area (TPSA) is 63.0 Å². The predicted molar refractivity (Wildman–Crippen MR) is 128 cm³/mol. The summed E-state index contributed by atoms with van der Waals surface area (Å²) < 4.78 is 7.45. The SMILES string of the molecule is CCOC(=O)c1c(CN2CCN(Cc3cn4ccccc4n3)CC2)nc2ccccc2c1C. The van der Waals surface area contributed by atoms with Crippen molar-refractivity contribution in [1.29, 1.82) is 0 Å². The molecule has 0 amide bonds. The molecule has 0 unspecified atom stereocenters. The summed E-state index contributed by atoms with van der Waals surface area (Å²) in [5, 5.41) is 1.00. The van der Waals surface area contributed by atoms with Crippen molar-refractivity contribution < 1.29 is 9.53 Å². The van der Waals surface area contributed by atoms with Crippen LogP contribution in [0.15, 0.2) is 54.9 Å². The third-order valence-electron chi connectivity index (χ3n) is 6.34. The number of esters is 1. The van der Waals surface area contributed by atoms with E-state index >= 15 is 0 Å². The van der Waals surface area contributed by atoms with Crippen molar-refractivity contribution in [2.45, 2.75) is 26.9 Å². The van der Waals surface area contributed by atoms with Gasteiger partial charge in [0.15, 0.2) is 0 Å². The number of para-hydroxylation sites is 1. The van der Waals surface area contributed by atoms with E-state index in [4.69, 9.17) is 14.7 Å². The number of hydrogen-bond acceptors (Lipinski definition) is 6. The van der Waals surface area contributed by atoms with E-state index in [1.54, 1.807) is 0 Å². The van der Waals surface area contributed by atoms with E-state index in [0.717, 1.165) is 66.2 Å². The van der Waals surface area contributed by atoms with Gasteiger partial charge in [-0.3, -0.25) is 14.8 Å². The molecule has 4 heterocycles. The zero-order valence-electron chi connectivity index (χ0n) is 19.2. The second-order valence-corrected chi connectivity index (χ2v) is 8.55. The zero-order valence-corrected chi connectivity index (χ0v) is 19.2. The minimum atomic E-state index is -0.284. The molecule has 1 saturated heterocycles. The average molecular weight is 444 g/mol. The van der Waals surface area contributed by atoms with Crippen molar-refractivity contribution in [1.82, 2.24) is 24.2 Å². The highest BCUT2D eigenvalue weighted by Gasteiger charge is 2.24. The second kappa shape index (κ2) is 9.29. The number of aromatic nitrogens is 3. The summed E-state index contributed by atoms with van der Waals surface area (Å²) in [4.78, 5) is 27.2. The first-order chi connectivity index (χ1) is 16.1. The van der Waals surface area contributed by atoms with Crippen molar-refractivity contribution in [3.05, 3.63) is 77.4 Å². The molecule has 5 rings (SSSR count). The maximum absolute atomic E-state index is 12.8. The van der Waals surface area contributed by atoms with E-state index in [2.05, 4.69) is 20.4 Å². The normalized spacial score (nSPS) is 15.3. The molecule has 4 aromatic rings. The van der Waals surface area contributed by atoms with Crippen molar-refractivity contribution in [3.8, 4) is 0 Å². The minimum Gasteiger partial charge on any atom is -0.462 e. The monoisotopic (exact) mass is 443 g/mol. The standard InChI is InChI=1S/C26H29N5O2/c1-3-33-26(32)25-19(2)21-8-4-5-9-22(21)28-23(25)18-30-14-12-29(13-15-30)16-20-17-31-11-7-6-10-24(31)27-20/h4-11,17H,3,12-16,18H2,1-2H3. The molecule has 0 aliphatic carbocycles. The van der Waals surface area contributed by atoms with Gasteiger partial charge in [0.05, 0.1) is 29.1 Å². The Labute approximate surface area is 193 Å². The van der Waals surface area contributed by atoms with Gasteiger partial charge in [0.2, 0.25) is 0 Å². The molecule has 7 heteroatoms. The van der Waals surface area contributed by atoms with E-state index in [9.17, 15) is 4.79 Å². The number of imidazole rings is 1. The lowest BCUT2D eigenvalue weighted by molar-refractivity contribution is 0.0521. The van der Waals surface area contributed by atoms with Crippen molar-refractivity contribution in [2.24, 2.45) is 0 Å². The molecule has 3 aromatic heterocycles. The molecule has 0 spiro atoms. The van der Waals surface area contributed by atoms with Gasteiger partial charge < -0.3 is 9.14 Å². The van der Waals surface area contributed by atoms with Crippen LogP contribution in [0.2, 0.25) is 0 Å². The van der Waals surface area contributed by atoms with Crippen LogP contribution in [-0.4, -0.2) is 62.9 Å². The lowest BCUT2D eigenvalue weighted by Gasteiger charge is -2.34. The Bertz CT molecular complexity index is 1260. The van der Waals surface area contributed by atoms with Crippen LogP contribution in [0.5, 0.6) is 0 Å². The number of rotatable bonds is 6. The van der Waals surface area contributed by atoms with Crippen LogP contribution in [-0.2, 0) is 17.8 Å². The summed E-state index contributed by atoms with van der Waals surface area (Å²) in [5.41, 5.74) is 5.35. The number of pyridine rings is 2. The second-order valence-electron chi connectivity index (χ2n) is 8.55. The van der Waals surface area contributed by atoms with Crippen LogP contribution in [0, 0.1) is 6.92 Å². The Morgan fingerprint density at radius 2 is 1.70 bits per heavy atom. The number of benzene rings is 1. The molecule has 0 saturated carbocycles. The van der Waals surface area contributed by atoms with Crippen LogP contribution in [0.3, 0.4) is 0 Å². The van der Waals surface area contributed by atoms with Gasteiger partial charge in [-0.1, -0.05) is 24.3 Å². The lowest BCUT2D eigenvalue weighted by Crippen LogP contribution is -2.45. The number of carbonyl (C=O) groups excluding carboxylic acids is 1. The van der Waals surface area contributed by atoms with E-state index in [1.807, 2.05) is 62.5 Å². The van der Waals surface area contributed by atoms with Gasteiger partial charge in [0.1, 0.15) is 5.65 Å². The molecule has 1 fully saturated rings. The zero-order chi connectivity index (χ0) is 22.8. The van der Waals surface area contributed by atoms with Crippen LogP contribution >= 0.6 is 0 Å². The van der Waals surface area contributed by atoms with E-state index < -0.39 is 0 Å². The molecule has 33 heavy (non-hydrogen) atoms. The molecular weight excluding hydrogens is 414 g/mol. The number of piperazine rings is 1. The van der Waals surface area contributed by atoms with Gasteiger partial charge in [-0.05, 0) is 37.6 Å². The molecule has 0 bridgehead atoms. The first-order valence-electron chi connectivity index (χ1n) is 11.5. The third-order valence-corrected chi connectivity index (χ3v) is 6.34. The van der Waals surface area contributed by atoms with Crippen molar-refractivity contribution in [3.63, 3.8) is 0 Å². The summed E-state index contributed by atoms with van der Waals surface area (Å²) in [6.07, 6.45) is 4.14. The van der Waals surface area contributed by atoms with Crippen LogP contribution < -0.4 is 0 Å². The predicted octanol–water partition coefficient (Wildman–Crippen LogP) is 3.69. The van der Waals surface area contributed by atoms with Gasteiger partial charge in [-0.25, -0.2) is 9.78 Å². The van der Waals surface area contributed by atoms with Gasteiger partial charge >= 0.3 is 5.97 Å². The minimum absolute atomic E-state index is 0.284. The summed E-state index contributed by atoms with van der Waals surface area (Å²) in [7, 11) is 0. The third kappa shape index (κ3) is 4.47. The fourth-order valence-corrected chi connectivity index (χ4v) is 4.64. The summed E-state index contributed by atoms with van der Waals surface area (Å²) in [6, 6.07) is 14.0. The summed E-state index contributed by atoms with van der Waals surface area (Å²) in [6.45, 7) is 9.41. The van der Waals surface area contributed by atoms with Gasteiger partial charge in [0, 0.05) is 57.0 Å². The number of aryl methyl sites for hydroxylation is 1. The lowest BCUT2D eigenvalue weighted by atomic mass is 10.0. The molecular formula is C26H29N5O2. The number of ether oxygens (including phenoxy) is 1. The number of fused-ring (bicyclic) bond motifs is 2. The van der Waals surface area contributed by atoms with Gasteiger partial charge in [0.25, 0.3) is 0 Å². The number of nitrogens with zero attached hydrogens (tertiary/aromatic N) is 5. The Morgan fingerprint density at radius 3 is 2.45 bits per heavy atom. The fraction of sp³-hybridized carbons (Fsp3) is 0.346. The van der Waals surface area contributed by atoms with Crippen molar-refractivity contribution in [2.75, 3.05) is 32.8 Å². The first kappa shape index (κ1) is 21.6. The smallest absolute Gasteiger partial charge is 0.340 e. The molecule has 0 radical (unpaired) electrons. The highest BCUT2D eigenvalue weighted by atomic mass is 16.5. The van der Waals surface area contributed by atoms with Gasteiger partial charge in [-0.2, -0.15) is 0 Å². The number of carbonyl (C=O) groups is 1. The number of hydrogen-bond donors (Lipinski definition) is 0.